The van der Waals surface area contributed by atoms with E-state index >= 15 is 0 Å². The van der Waals surface area contributed by atoms with Gasteiger partial charge < -0.3 is 19.4 Å². The molecule has 2 aromatic carbocycles. The third kappa shape index (κ3) is 4.11. The van der Waals surface area contributed by atoms with Crippen molar-refractivity contribution < 1.29 is 18.7 Å². The van der Waals surface area contributed by atoms with Gasteiger partial charge in [0.15, 0.2) is 0 Å². The molecule has 1 aliphatic heterocycles. The van der Waals surface area contributed by atoms with E-state index in [2.05, 4.69) is 11.4 Å². The standard InChI is InChI=1S/C23H24N2O4/c1-28-18-8-9-19-17(15-29-21(19)14-18)13-22(26)24-11-10-23(27)25-12-4-6-16-5-2-3-7-20(16)25/h2-3,5,7-9,14-15H,4,6,10-13H2,1H3,(H,24,26). The van der Waals surface area contributed by atoms with Gasteiger partial charge >= 0.3 is 0 Å². The number of carbonyl (C=O) groups is 2. The van der Waals surface area contributed by atoms with Crippen molar-refractivity contribution in [3.05, 3.63) is 59.9 Å². The molecule has 29 heavy (non-hydrogen) atoms. The van der Waals surface area contributed by atoms with Crippen LogP contribution in [0.4, 0.5) is 5.69 Å². The summed E-state index contributed by atoms with van der Waals surface area (Å²) in [6, 6.07) is 13.5. The lowest BCUT2D eigenvalue weighted by Gasteiger charge is -2.29. The summed E-state index contributed by atoms with van der Waals surface area (Å²) in [4.78, 5) is 26.8. The van der Waals surface area contributed by atoms with E-state index in [4.69, 9.17) is 9.15 Å². The summed E-state index contributed by atoms with van der Waals surface area (Å²) < 4.78 is 10.7. The Kier molecular flexibility index (Phi) is 5.51. The highest BCUT2D eigenvalue weighted by Crippen LogP contribution is 2.27. The summed E-state index contributed by atoms with van der Waals surface area (Å²) in [5.74, 6) is 0.620. The largest absolute Gasteiger partial charge is 0.497 e. The van der Waals surface area contributed by atoms with Gasteiger partial charge in [0.2, 0.25) is 11.8 Å². The van der Waals surface area contributed by atoms with Crippen LogP contribution in [0.3, 0.4) is 0 Å². The SMILES string of the molecule is COc1ccc2c(CC(=O)NCCC(=O)N3CCCc4ccccc43)coc2c1. The number of ether oxygens (including phenoxy) is 1. The predicted molar refractivity (Wildman–Crippen MR) is 111 cm³/mol. The van der Waals surface area contributed by atoms with Gasteiger partial charge in [0.05, 0.1) is 19.8 Å². The number of rotatable bonds is 6. The zero-order valence-corrected chi connectivity index (χ0v) is 16.4. The Morgan fingerprint density at radius 3 is 2.93 bits per heavy atom. The predicted octanol–water partition coefficient (Wildman–Crippen LogP) is 3.47. The van der Waals surface area contributed by atoms with Crippen molar-refractivity contribution in [1.29, 1.82) is 0 Å². The first kappa shape index (κ1) is 19.1. The van der Waals surface area contributed by atoms with Crippen molar-refractivity contribution in [2.75, 3.05) is 25.1 Å². The van der Waals surface area contributed by atoms with Crippen LogP contribution in [0.1, 0.15) is 24.0 Å². The fourth-order valence-corrected chi connectivity index (χ4v) is 3.80. The maximum absolute atomic E-state index is 12.6. The van der Waals surface area contributed by atoms with Crippen molar-refractivity contribution in [3.63, 3.8) is 0 Å². The van der Waals surface area contributed by atoms with Gasteiger partial charge in [-0.2, -0.15) is 0 Å². The second-order valence-corrected chi connectivity index (χ2v) is 7.18. The molecule has 0 bridgehead atoms. The van der Waals surface area contributed by atoms with Crippen LogP contribution in [0.15, 0.2) is 53.1 Å². The van der Waals surface area contributed by atoms with Crippen molar-refractivity contribution in [2.24, 2.45) is 0 Å². The average molecular weight is 392 g/mol. The third-order valence-electron chi connectivity index (χ3n) is 5.29. The highest BCUT2D eigenvalue weighted by Gasteiger charge is 2.21. The number of anilines is 1. The zero-order valence-electron chi connectivity index (χ0n) is 16.4. The fraction of sp³-hybridized carbons (Fsp3) is 0.304. The van der Waals surface area contributed by atoms with Gasteiger partial charge in [-0.3, -0.25) is 9.59 Å². The second-order valence-electron chi connectivity index (χ2n) is 7.18. The zero-order chi connectivity index (χ0) is 20.2. The molecule has 6 heteroatoms. The molecule has 150 valence electrons. The molecule has 0 saturated carbocycles. The minimum atomic E-state index is -0.129. The van der Waals surface area contributed by atoms with E-state index in [9.17, 15) is 9.59 Å². The summed E-state index contributed by atoms with van der Waals surface area (Å²) >= 11 is 0. The Balaban J connectivity index is 1.31. The number of carbonyl (C=O) groups excluding carboxylic acids is 2. The summed E-state index contributed by atoms with van der Waals surface area (Å²) in [5, 5.41) is 3.74. The summed E-state index contributed by atoms with van der Waals surface area (Å²) in [6.45, 7) is 1.05. The normalized spacial score (nSPS) is 13.2. The number of nitrogens with zero attached hydrogens (tertiary/aromatic N) is 1. The lowest BCUT2D eigenvalue weighted by atomic mass is 10.0. The van der Waals surface area contributed by atoms with Crippen molar-refractivity contribution in [3.8, 4) is 5.75 Å². The lowest BCUT2D eigenvalue weighted by molar-refractivity contribution is -0.121. The van der Waals surface area contributed by atoms with Crippen LogP contribution < -0.4 is 15.0 Å². The molecule has 1 N–H and O–H groups in total. The molecule has 2 heterocycles. The van der Waals surface area contributed by atoms with Gasteiger partial charge in [0, 0.05) is 42.2 Å². The van der Waals surface area contributed by atoms with Gasteiger partial charge in [0.25, 0.3) is 0 Å². The van der Waals surface area contributed by atoms with E-state index in [0.717, 1.165) is 36.0 Å². The van der Waals surface area contributed by atoms with E-state index in [1.165, 1.54) is 5.56 Å². The van der Waals surface area contributed by atoms with Crippen LogP contribution in [-0.4, -0.2) is 32.0 Å². The number of hydrogen-bond donors (Lipinski definition) is 1. The number of amides is 2. The fourth-order valence-electron chi connectivity index (χ4n) is 3.80. The first-order chi connectivity index (χ1) is 14.2. The highest BCUT2D eigenvalue weighted by molar-refractivity contribution is 5.95. The van der Waals surface area contributed by atoms with Gasteiger partial charge in [-0.15, -0.1) is 0 Å². The summed E-state index contributed by atoms with van der Waals surface area (Å²) in [5.41, 5.74) is 3.71. The lowest BCUT2D eigenvalue weighted by Crippen LogP contribution is -2.38. The van der Waals surface area contributed by atoms with E-state index in [1.807, 2.05) is 35.2 Å². The molecule has 2 amide bonds. The smallest absolute Gasteiger partial charge is 0.228 e. The number of hydrogen-bond acceptors (Lipinski definition) is 4. The molecule has 0 aliphatic carbocycles. The van der Waals surface area contributed by atoms with Crippen LogP contribution in [0.5, 0.6) is 5.75 Å². The quantitative estimate of drug-likeness (QED) is 0.697. The molecule has 0 spiro atoms. The molecule has 0 radical (unpaired) electrons. The molecular formula is C23H24N2O4. The molecule has 0 saturated heterocycles. The molecule has 3 aromatic rings. The Morgan fingerprint density at radius 1 is 1.21 bits per heavy atom. The van der Waals surface area contributed by atoms with Crippen LogP contribution in [0.25, 0.3) is 11.0 Å². The minimum Gasteiger partial charge on any atom is -0.497 e. The molecule has 0 fully saturated rings. The van der Waals surface area contributed by atoms with E-state index < -0.39 is 0 Å². The molecular weight excluding hydrogens is 368 g/mol. The molecule has 0 atom stereocenters. The molecule has 0 unspecified atom stereocenters. The van der Waals surface area contributed by atoms with Crippen molar-refractivity contribution in [2.45, 2.75) is 25.7 Å². The number of methoxy groups -OCH3 is 1. The monoisotopic (exact) mass is 392 g/mol. The summed E-state index contributed by atoms with van der Waals surface area (Å²) in [6.07, 6.45) is 4.05. The Bertz CT molecular complexity index is 1040. The van der Waals surface area contributed by atoms with Crippen molar-refractivity contribution in [1.82, 2.24) is 5.32 Å². The van der Waals surface area contributed by atoms with Crippen LogP contribution in [-0.2, 0) is 22.4 Å². The van der Waals surface area contributed by atoms with Gasteiger partial charge in [0.1, 0.15) is 11.3 Å². The second kappa shape index (κ2) is 8.39. The van der Waals surface area contributed by atoms with E-state index in [1.54, 1.807) is 19.4 Å². The van der Waals surface area contributed by atoms with E-state index in [0.29, 0.717) is 17.9 Å². The number of nitrogens with one attached hydrogen (secondary N) is 1. The maximum Gasteiger partial charge on any atom is 0.228 e. The number of para-hydroxylation sites is 1. The number of aryl methyl sites for hydroxylation is 1. The minimum absolute atomic E-state index is 0.0401. The molecule has 4 rings (SSSR count). The number of fused-ring (bicyclic) bond motifs is 2. The van der Waals surface area contributed by atoms with Gasteiger partial charge in [-0.05, 0) is 36.6 Å². The Morgan fingerprint density at radius 2 is 2.07 bits per heavy atom. The summed E-state index contributed by atoms with van der Waals surface area (Å²) in [7, 11) is 1.60. The maximum atomic E-state index is 12.6. The van der Waals surface area contributed by atoms with Crippen LogP contribution >= 0.6 is 0 Å². The van der Waals surface area contributed by atoms with Crippen LogP contribution in [0, 0.1) is 0 Å². The Labute approximate surface area is 169 Å². The first-order valence-corrected chi connectivity index (χ1v) is 9.85. The highest BCUT2D eigenvalue weighted by atomic mass is 16.5. The first-order valence-electron chi connectivity index (χ1n) is 9.85. The Hall–Kier alpha value is -3.28. The number of benzene rings is 2. The van der Waals surface area contributed by atoms with Crippen molar-refractivity contribution >= 4 is 28.5 Å². The van der Waals surface area contributed by atoms with Crippen LogP contribution in [0.2, 0.25) is 0 Å². The average Bonchev–Trinajstić information content (AvgIpc) is 3.15. The number of furan rings is 1. The topological polar surface area (TPSA) is 71.8 Å². The third-order valence-corrected chi connectivity index (χ3v) is 5.29. The van der Waals surface area contributed by atoms with Gasteiger partial charge in [-0.25, -0.2) is 0 Å². The molecule has 1 aliphatic rings. The molecule has 1 aromatic heterocycles. The van der Waals surface area contributed by atoms with E-state index in [-0.39, 0.29) is 24.7 Å². The molecule has 6 nitrogen and oxygen atoms in total. The van der Waals surface area contributed by atoms with Gasteiger partial charge in [-0.1, -0.05) is 18.2 Å².